The van der Waals surface area contributed by atoms with E-state index in [1.54, 1.807) is 22.3 Å². The Balaban J connectivity index is 2.45. The first-order valence-electron chi connectivity index (χ1n) is 5.12. The zero-order valence-electron chi connectivity index (χ0n) is 9.31. The molecule has 0 aromatic carbocycles. The fourth-order valence-corrected chi connectivity index (χ4v) is 5.00. The first-order valence-corrected chi connectivity index (χ1v) is 7.17. The summed E-state index contributed by atoms with van der Waals surface area (Å²) in [6.45, 7) is 11.8. The summed E-state index contributed by atoms with van der Waals surface area (Å²) >= 11 is 0. The lowest BCUT2D eigenvalue weighted by molar-refractivity contribution is 0.827. The first-order chi connectivity index (χ1) is 6.04. The quantitative estimate of drug-likeness (QED) is 0.515. The molecule has 3 unspecified atom stereocenters. The van der Waals surface area contributed by atoms with Gasteiger partial charge in [-0.1, -0.05) is 18.1 Å². The van der Waals surface area contributed by atoms with E-state index in [2.05, 4.69) is 34.4 Å². The summed E-state index contributed by atoms with van der Waals surface area (Å²) in [6.07, 6.45) is 1.45. The highest BCUT2D eigenvalue weighted by molar-refractivity contribution is 7.58. The summed E-state index contributed by atoms with van der Waals surface area (Å²) in [5.41, 5.74) is 7.51. The average molecular weight is 194 g/mol. The second kappa shape index (κ2) is 2.95. The third-order valence-corrected chi connectivity index (χ3v) is 6.61. The summed E-state index contributed by atoms with van der Waals surface area (Å²) in [5, 5.41) is 0. The Morgan fingerprint density at radius 2 is 1.77 bits per heavy atom. The van der Waals surface area contributed by atoms with Crippen LogP contribution in [0.3, 0.4) is 0 Å². The zero-order valence-corrected chi connectivity index (χ0v) is 10.2. The Kier molecular flexibility index (Phi) is 2.15. The van der Waals surface area contributed by atoms with Crippen LogP contribution in [0.5, 0.6) is 0 Å². The van der Waals surface area contributed by atoms with Crippen molar-refractivity contribution in [1.29, 1.82) is 0 Å². The van der Waals surface area contributed by atoms with Gasteiger partial charge >= 0.3 is 0 Å². The standard InChI is InChI=1S/C12H19P/c1-7-8(2)11-6-13(5)10(4)12(11)9(7)3/h10-11H,6H2,1-5H3. The van der Waals surface area contributed by atoms with Crippen LogP contribution in [0.4, 0.5) is 0 Å². The number of rotatable bonds is 0. The molecule has 3 atom stereocenters. The molecule has 0 spiro atoms. The third-order valence-electron chi connectivity index (χ3n) is 4.07. The molecule has 1 aliphatic carbocycles. The van der Waals surface area contributed by atoms with E-state index >= 15 is 0 Å². The van der Waals surface area contributed by atoms with Gasteiger partial charge in [0.05, 0.1) is 0 Å². The van der Waals surface area contributed by atoms with Crippen LogP contribution in [0.1, 0.15) is 27.7 Å². The minimum atomic E-state index is 0.276. The molecule has 2 aliphatic rings. The molecule has 0 N–H and O–H groups in total. The first kappa shape index (κ1) is 9.46. The van der Waals surface area contributed by atoms with E-state index in [1.807, 2.05) is 0 Å². The predicted octanol–water partition coefficient (Wildman–Crippen LogP) is 3.78. The molecular weight excluding hydrogens is 175 g/mol. The summed E-state index contributed by atoms with van der Waals surface area (Å²) in [6, 6.07) is 0. The molecule has 13 heavy (non-hydrogen) atoms. The van der Waals surface area contributed by atoms with Crippen molar-refractivity contribution >= 4 is 7.92 Å². The van der Waals surface area contributed by atoms with Crippen LogP contribution in [-0.4, -0.2) is 18.5 Å². The van der Waals surface area contributed by atoms with Gasteiger partial charge in [0, 0.05) is 5.92 Å². The molecular formula is C12H19P. The Bertz CT molecular complexity index is 309. The molecule has 0 aromatic rings. The number of allylic oxidation sites excluding steroid dienone is 4. The number of hydrogen-bond donors (Lipinski definition) is 0. The number of fused-ring (bicyclic) bond motifs is 1. The molecule has 1 heteroatoms. The van der Waals surface area contributed by atoms with Crippen LogP contribution in [0.25, 0.3) is 0 Å². The average Bonchev–Trinajstić information content (AvgIpc) is 2.48. The van der Waals surface area contributed by atoms with Crippen LogP contribution < -0.4 is 0 Å². The minimum absolute atomic E-state index is 0.276. The smallest absolute Gasteiger partial charge is 0.00614 e. The van der Waals surface area contributed by atoms with E-state index in [4.69, 9.17) is 0 Å². The van der Waals surface area contributed by atoms with Gasteiger partial charge < -0.3 is 0 Å². The van der Waals surface area contributed by atoms with E-state index in [-0.39, 0.29) is 7.92 Å². The van der Waals surface area contributed by atoms with E-state index in [0.717, 1.165) is 11.6 Å². The molecule has 1 fully saturated rings. The molecule has 0 amide bonds. The van der Waals surface area contributed by atoms with E-state index in [9.17, 15) is 0 Å². The molecule has 72 valence electrons. The molecule has 1 heterocycles. The van der Waals surface area contributed by atoms with Gasteiger partial charge in [0.2, 0.25) is 0 Å². The maximum Gasteiger partial charge on any atom is 0.00614 e. The summed E-state index contributed by atoms with van der Waals surface area (Å²) in [7, 11) is 0.276. The fourth-order valence-electron chi connectivity index (χ4n) is 2.79. The summed E-state index contributed by atoms with van der Waals surface area (Å²) < 4.78 is 0. The Hall–Kier alpha value is -0.0900. The van der Waals surface area contributed by atoms with Crippen molar-refractivity contribution in [3.05, 3.63) is 22.3 Å². The lowest BCUT2D eigenvalue weighted by Crippen LogP contribution is -2.02. The van der Waals surface area contributed by atoms with Crippen molar-refractivity contribution in [2.45, 2.75) is 33.4 Å². The predicted molar refractivity (Wildman–Crippen MR) is 61.7 cm³/mol. The Morgan fingerprint density at radius 1 is 1.15 bits per heavy atom. The van der Waals surface area contributed by atoms with Gasteiger partial charge in [-0.25, -0.2) is 0 Å². The SMILES string of the molecule is CC1=C(C)C2CP(C)C(C)C2=C1C. The largest absolute Gasteiger partial charge is 0.102 e. The van der Waals surface area contributed by atoms with Gasteiger partial charge in [0.15, 0.2) is 0 Å². The topological polar surface area (TPSA) is 0 Å². The highest BCUT2D eigenvalue weighted by Crippen LogP contribution is 2.58. The maximum absolute atomic E-state index is 2.46. The molecule has 0 bridgehead atoms. The van der Waals surface area contributed by atoms with E-state index < -0.39 is 0 Å². The Labute approximate surface area is 82.9 Å². The monoisotopic (exact) mass is 194 g/mol. The molecule has 1 aliphatic heterocycles. The summed E-state index contributed by atoms with van der Waals surface area (Å²) in [4.78, 5) is 0. The molecule has 1 saturated heterocycles. The van der Waals surface area contributed by atoms with Gasteiger partial charge in [0.25, 0.3) is 0 Å². The lowest BCUT2D eigenvalue weighted by Gasteiger charge is -2.12. The highest BCUT2D eigenvalue weighted by atomic mass is 31.1. The third kappa shape index (κ3) is 1.15. The molecule has 0 aromatic heterocycles. The zero-order chi connectivity index (χ0) is 9.75. The van der Waals surface area contributed by atoms with Crippen LogP contribution in [0.15, 0.2) is 22.3 Å². The second-order valence-electron chi connectivity index (χ2n) is 4.56. The van der Waals surface area contributed by atoms with Gasteiger partial charge in [0.1, 0.15) is 0 Å². The van der Waals surface area contributed by atoms with Gasteiger partial charge in [-0.15, -0.1) is 7.92 Å². The fraction of sp³-hybridized carbons (Fsp3) is 0.667. The van der Waals surface area contributed by atoms with E-state index in [0.29, 0.717) is 0 Å². The van der Waals surface area contributed by atoms with Crippen LogP contribution >= 0.6 is 7.92 Å². The van der Waals surface area contributed by atoms with Crippen LogP contribution in [0, 0.1) is 5.92 Å². The highest BCUT2D eigenvalue weighted by Gasteiger charge is 2.39. The molecule has 0 radical (unpaired) electrons. The summed E-state index contributed by atoms with van der Waals surface area (Å²) in [5.74, 6) is 0.839. The maximum atomic E-state index is 2.46. The lowest BCUT2D eigenvalue weighted by atomic mass is 9.96. The van der Waals surface area contributed by atoms with Gasteiger partial charge in [-0.05, 0) is 50.4 Å². The molecule has 2 rings (SSSR count). The molecule has 0 saturated carbocycles. The van der Waals surface area contributed by atoms with Crippen molar-refractivity contribution < 1.29 is 0 Å². The van der Waals surface area contributed by atoms with Crippen LogP contribution in [0.2, 0.25) is 0 Å². The molecule has 0 nitrogen and oxygen atoms in total. The van der Waals surface area contributed by atoms with E-state index in [1.165, 1.54) is 6.16 Å². The van der Waals surface area contributed by atoms with Crippen molar-refractivity contribution in [2.24, 2.45) is 5.92 Å². The van der Waals surface area contributed by atoms with Crippen LogP contribution in [-0.2, 0) is 0 Å². The van der Waals surface area contributed by atoms with Gasteiger partial charge in [-0.2, -0.15) is 0 Å². The van der Waals surface area contributed by atoms with Crippen molar-refractivity contribution in [2.75, 3.05) is 12.8 Å². The number of hydrogen-bond acceptors (Lipinski definition) is 0. The van der Waals surface area contributed by atoms with Crippen molar-refractivity contribution in [1.82, 2.24) is 0 Å². The van der Waals surface area contributed by atoms with Crippen molar-refractivity contribution in [3.8, 4) is 0 Å². The van der Waals surface area contributed by atoms with Gasteiger partial charge in [-0.3, -0.25) is 0 Å². The van der Waals surface area contributed by atoms with Crippen molar-refractivity contribution in [3.63, 3.8) is 0 Å². The normalized spacial score (nSPS) is 39.0. The Morgan fingerprint density at radius 3 is 2.31 bits per heavy atom. The minimum Gasteiger partial charge on any atom is -0.102 e. The second-order valence-corrected chi connectivity index (χ2v) is 7.21.